The van der Waals surface area contributed by atoms with E-state index in [9.17, 15) is 18.0 Å². The fourth-order valence-corrected chi connectivity index (χ4v) is 3.08. The van der Waals surface area contributed by atoms with Gasteiger partial charge in [-0.1, -0.05) is 11.6 Å². The van der Waals surface area contributed by atoms with Crippen molar-refractivity contribution in [3.05, 3.63) is 46.7 Å². The van der Waals surface area contributed by atoms with Gasteiger partial charge in [0.1, 0.15) is 5.82 Å². The summed E-state index contributed by atoms with van der Waals surface area (Å²) in [5.74, 6) is -3.82. The average Bonchev–Trinajstić information content (AvgIpc) is 2.57. The van der Waals surface area contributed by atoms with Crippen LogP contribution in [-0.2, 0) is 0 Å². The Labute approximate surface area is 159 Å². The number of anilines is 4. The zero-order chi connectivity index (χ0) is 19.8. The number of nitrogens with one attached hydrogen (secondary N) is 3. The van der Waals surface area contributed by atoms with Gasteiger partial charge in [0.05, 0.1) is 22.0 Å². The molecule has 1 amide bonds. The Morgan fingerprint density at radius 1 is 1.22 bits per heavy atom. The van der Waals surface area contributed by atoms with Gasteiger partial charge in [-0.3, -0.25) is 4.79 Å². The highest BCUT2D eigenvalue weighted by atomic mass is 35.5. The standard InChI is InChI=1S/C18H18ClF3N4O/c1-24-16-6-15(25-10-7-18(21,22)8-10)11(5-14(16)23)17(27)26-9-2-3-13(20)12(19)4-9/h2-6,10,24-25H,7-8,23H2,1H3,(H,26,27). The molecule has 0 spiro atoms. The molecule has 0 aromatic heterocycles. The lowest BCUT2D eigenvalue weighted by Gasteiger charge is -2.36. The van der Waals surface area contributed by atoms with Crippen LogP contribution in [0.2, 0.25) is 5.02 Å². The maximum absolute atomic E-state index is 13.3. The molecule has 0 bridgehead atoms. The monoisotopic (exact) mass is 398 g/mol. The second-order valence-corrected chi connectivity index (χ2v) is 6.83. The summed E-state index contributed by atoms with van der Waals surface area (Å²) in [5, 5.41) is 8.33. The van der Waals surface area contributed by atoms with Gasteiger partial charge in [-0.05, 0) is 30.3 Å². The Hall–Kier alpha value is -2.61. The summed E-state index contributed by atoms with van der Waals surface area (Å²) in [4.78, 5) is 12.7. The third kappa shape index (κ3) is 4.21. The molecule has 0 atom stereocenters. The molecule has 0 radical (unpaired) electrons. The maximum atomic E-state index is 13.3. The Morgan fingerprint density at radius 3 is 2.52 bits per heavy atom. The van der Waals surface area contributed by atoms with E-state index in [0.29, 0.717) is 22.7 Å². The van der Waals surface area contributed by atoms with Crippen molar-refractivity contribution in [3.63, 3.8) is 0 Å². The number of nitrogens with two attached hydrogens (primary N) is 1. The first-order valence-electron chi connectivity index (χ1n) is 8.20. The smallest absolute Gasteiger partial charge is 0.257 e. The van der Waals surface area contributed by atoms with E-state index in [-0.39, 0.29) is 23.4 Å². The molecule has 0 heterocycles. The SMILES string of the molecule is CNc1cc(NC2CC(F)(F)C2)c(C(=O)Nc2ccc(F)c(Cl)c2)cc1N. The minimum Gasteiger partial charge on any atom is -0.397 e. The lowest BCUT2D eigenvalue weighted by Crippen LogP contribution is -2.44. The second kappa shape index (κ2) is 7.19. The van der Waals surface area contributed by atoms with Crippen molar-refractivity contribution in [2.75, 3.05) is 28.7 Å². The van der Waals surface area contributed by atoms with E-state index in [1.165, 1.54) is 18.2 Å². The van der Waals surface area contributed by atoms with Crippen LogP contribution in [0.25, 0.3) is 0 Å². The van der Waals surface area contributed by atoms with Crippen LogP contribution >= 0.6 is 11.6 Å². The fraction of sp³-hybridized carbons (Fsp3) is 0.278. The summed E-state index contributed by atoms with van der Waals surface area (Å²) in [5.41, 5.74) is 7.67. The summed E-state index contributed by atoms with van der Waals surface area (Å²) in [6.45, 7) is 0. The summed E-state index contributed by atoms with van der Waals surface area (Å²) in [6.07, 6.45) is -0.609. The molecule has 0 saturated heterocycles. The molecular weight excluding hydrogens is 381 g/mol. The average molecular weight is 399 g/mol. The molecule has 1 aliphatic carbocycles. The number of benzene rings is 2. The molecule has 144 valence electrons. The van der Waals surface area contributed by atoms with Crippen LogP contribution in [-0.4, -0.2) is 24.9 Å². The number of carbonyl (C=O) groups is 1. The first-order chi connectivity index (χ1) is 12.7. The number of rotatable bonds is 5. The Bertz CT molecular complexity index is 883. The van der Waals surface area contributed by atoms with Crippen LogP contribution in [0.5, 0.6) is 0 Å². The zero-order valence-corrected chi connectivity index (χ0v) is 15.1. The minimum absolute atomic E-state index is 0.132. The third-order valence-electron chi connectivity index (χ3n) is 4.33. The topological polar surface area (TPSA) is 79.2 Å². The molecule has 9 heteroatoms. The van der Waals surface area contributed by atoms with Crippen molar-refractivity contribution in [2.24, 2.45) is 0 Å². The van der Waals surface area contributed by atoms with Crippen LogP contribution in [0.15, 0.2) is 30.3 Å². The van der Waals surface area contributed by atoms with Gasteiger partial charge in [-0.15, -0.1) is 0 Å². The Morgan fingerprint density at radius 2 is 1.93 bits per heavy atom. The van der Waals surface area contributed by atoms with Crippen LogP contribution < -0.4 is 21.7 Å². The maximum Gasteiger partial charge on any atom is 0.257 e. The lowest BCUT2D eigenvalue weighted by atomic mass is 9.88. The van der Waals surface area contributed by atoms with Gasteiger partial charge in [-0.2, -0.15) is 0 Å². The van der Waals surface area contributed by atoms with Crippen molar-refractivity contribution in [1.29, 1.82) is 0 Å². The molecule has 2 aromatic carbocycles. The summed E-state index contributed by atoms with van der Waals surface area (Å²) in [6, 6.07) is 6.37. The second-order valence-electron chi connectivity index (χ2n) is 6.42. The fourth-order valence-electron chi connectivity index (χ4n) is 2.90. The van der Waals surface area contributed by atoms with Crippen LogP contribution in [0.1, 0.15) is 23.2 Å². The van der Waals surface area contributed by atoms with Crippen molar-refractivity contribution in [2.45, 2.75) is 24.8 Å². The number of hydrogen-bond acceptors (Lipinski definition) is 4. The third-order valence-corrected chi connectivity index (χ3v) is 4.62. The van der Waals surface area contributed by atoms with Gasteiger partial charge in [0.15, 0.2) is 0 Å². The minimum atomic E-state index is -2.69. The van der Waals surface area contributed by atoms with Crippen LogP contribution in [0, 0.1) is 5.82 Å². The Balaban J connectivity index is 1.86. The molecule has 3 rings (SSSR count). The van der Waals surface area contributed by atoms with E-state index < -0.39 is 23.7 Å². The van der Waals surface area contributed by atoms with Gasteiger partial charge in [0.2, 0.25) is 0 Å². The molecule has 5 N–H and O–H groups in total. The summed E-state index contributed by atoms with van der Waals surface area (Å²) >= 11 is 5.72. The highest BCUT2D eigenvalue weighted by molar-refractivity contribution is 6.31. The molecule has 1 aliphatic rings. The molecular formula is C18H18ClF3N4O. The van der Waals surface area contributed by atoms with Crippen molar-refractivity contribution < 1.29 is 18.0 Å². The molecule has 1 saturated carbocycles. The normalized spacial score (nSPS) is 15.7. The Kier molecular flexibility index (Phi) is 5.10. The number of hydrogen-bond donors (Lipinski definition) is 4. The van der Waals surface area contributed by atoms with Gasteiger partial charge in [0, 0.05) is 37.3 Å². The predicted octanol–water partition coefficient (Wildman–Crippen LogP) is 4.56. The molecule has 0 aliphatic heterocycles. The van der Waals surface area contributed by atoms with Crippen molar-refractivity contribution in [3.8, 4) is 0 Å². The predicted molar refractivity (Wildman–Crippen MR) is 101 cm³/mol. The van der Waals surface area contributed by atoms with Gasteiger partial charge >= 0.3 is 0 Å². The molecule has 0 unspecified atom stereocenters. The van der Waals surface area contributed by atoms with E-state index >= 15 is 0 Å². The lowest BCUT2D eigenvalue weighted by molar-refractivity contribution is -0.0793. The van der Waals surface area contributed by atoms with Gasteiger partial charge < -0.3 is 21.7 Å². The highest BCUT2D eigenvalue weighted by Gasteiger charge is 2.45. The highest BCUT2D eigenvalue weighted by Crippen LogP contribution is 2.40. The number of amides is 1. The van der Waals surface area contributed by atoms with E-state index in [0.717, 1.165) is 6.07 Å². The molecule has 1 fully saturated rings. The molecule has 2 aromatic rings. The van der Waals surface area contributed by atoms with E-state index in [4.69, 9.17) is 17.3 Å². The first kappa shape index (κ1) is 19.2. The van der Waals surface area contributed by atoms with Gasteiger partial charge in [0.25, 0.3) is 11.8 Å². The quantitative estimate of drug-likeness (QED) is 0.556. The number of carbonyl (C=O) groups excluding carboxylic acids is 1. The van der Waals surface area contributed by atoms with Crippen LogP contribution in [0.3, 0.4) is 0 Å². The number of halogens is 4. The number of nitrogen functional groups attached to an aromatic ring is 1. The number of alkyl halides is 2. The molecule has 27 heavy (non-hydrogen) atoms. The largest absolute Gasteiger partial charge is 0.397 e. The van der Waals surface area contributed by atoms with E-state index in [2.05, 4.69) is 16.0 Å². The first-order valence-corrected chi connectivity index (χ1v) is 8.58. The van der Waals surface area contributed by atoms with E-state index in [1.807, 2.05) is 0 Å². The molecule has 5 nitrogen and oxygen atoms in total. The summed E-state index contributed by atoms with van der Waals surface area (Å²) in [7, 11) is 1.66. The summed E-state index contributed by atoms with van der Waals surface area (Å²) < 4.78 is 39.5. The zero-order valence-electron chi connectivity index (χ0n) is 14.4. The van der Waals surface area contributed by atoms with E-state index in [1.54, 1.807) is 13.1 Å². The van der Waals surface area contributed by atoms with Crippen molar-refractivity contribution >= 4 is 40.3 Å². The van der Waals surface area contributed by atoms with Crippen molar-refractivity contribution in [1.82, 2.24) is 0 Å². The van der Waals surface area contributed by atoms with Gasteiger partial charge in [-0.25, -0.2) is 13.2 Å². The van der Waals surface area contributed by atoms with Crippen LogP contribution in [0.4, 0.5) is 35.9 Å².